The fourth-order valence-corrected chi connectivity index (χ4v) is 7.42. The lowest BCUT2D eigenvalue weighted by Crippen LogP contribution is -2.30. The quantitative estimate of drug-likeness (QED) is 0.0430. The van der Waals surface area contributed by atoms with Crippen LogP contribution in [0.1, 0.15) is 222 Å². The molecule has 5 heteroatoms. The molecule has 1 N–H and O–H groups in total. The molecule has 0 saturated carbocycles. The molecular formula is C43H74INO3. The van der Waals surface area contributed by atoms with Crippen LogP contribution in [0.4, 0.5) is 0 Å². The van der Waals surface area contributed by atoms with E-state index in [4.69, 9.17) is 0 Å². The number of amides is 2. The molecule has 4 nitrogen and oxygen atoms in total. The molecule has 2 amide bonds. The van der Waals surface area contributed by atoms with Crippen molar-refractivity contribution in [3.8, 4) is 0 Å². The average Bonchev–Trinajstić information content (AvgIpc) is 3.09. The van der Waals surface area contributed by atoms with Gasteiger partial charge in [-0.05, 0) is 62.6 Å². The average molecular weight is 780 g/mol. The van der Waals surface area contributed by atoms with Crippen LogP contribution >= 0.6 is 21.2 Å². The van der Waals surface area contributed by atoms with Crippen molar-refractivity contribution in [2.45, 2.75) is 213 Å². The minimum atomic E-state index is -1.48. The minimum absolute atomic E-state index is 0.220. The Labute approximate surface area is 307 Å². The van der Waals surface area contributed by atoms with E-state index in [0.29, 0.717) is 15.6 Å². The first-order valence-corrected chi connectivity index (χ1v) is 22.5. The summed E-state index contributed by atoms with van der Waals surface area (Å²) in [5.74, 6) is -0.617. The van der Waals surface area contributed by atoms with Crippen molar-refractivity contribution < 1.29 is 12.7 Å². The van der Waals surface area contributed by atoms with Crippen molar-refractivity contribution in [1.29, 1.82) is 0 Å². The Bertz CT molecular complexity index is 959. The molecule has 0 heterocycles. The molecule has 1 aromatic carbocycles. The number of aryl methyl sites for hydroxylation is 1. The molecule has 0 aliphatic carbocycles. The second kappa shape index (κ2) is 34.1. The van der Waals surface area contributed by atoms with Gasteiger partial charge in [0.2, 0.25) is 5.91 Å². The van der Waals surface area contributed by atoms with Crippen molar-refractivity contribution >= 4 is 33.0 Å². The van der Waals surface area contributed by atoms with Gasteiger partial charge >= 0.3 is 0 Å². The highest BCUT2D eigenvalue weighted by atomic mass is 127. The van der Waals surface area contributed by atoms with Crippen LogP contribution in [0.2, 0.25) is 0 Å². The van der Waals surface area contributed by atoms with E-state index in [1.54, 1.807) is 0 Å². The lowest BCUT2D eigenvalue weighted by molar-refractivity contribution is -0.120. The molecule has 0 spiro atoms. The standard InChI is InChI=1S/C43H74INO3/c1-3-5-7-9-11-13-15-17-19-21-22-24-26-28-30-32-34-39-36-37-41(44-48)40(38-39)43(47)45-42(46)35-33-31-29-27-25-23-20-18-16-14-12-10-8-6-4-2/h21-22,36-38H,3-20,23-35H2,1-2H3,(H,45,46,47)/b22-21+. The molecule has 1 rings (SSSR count). The number of benzene rings is 1. The number of imide groups is 1. The normalized spacial score (nSPS) is 11.5. The van der Waals surface area contributed by atoms with Gasteiger partial charge < -0.3 is 0 Å². The second-order valence-electron chi connectivity index (χ2n) is 14.2. The van der Waals surface area contributed by atoms with Crippen LogP contribution in [-0.4, -0.2) is 11.8 Å². The van der Waals surface area contributed by atoms with Crippen molar-refractivity contribution in [2.75, 3.05) is 0 Å². The van der Waals surface area contributed by atoms with Crippen LogP contribution in [0.25, 0.3) is 0 Å². The SMILES string of the molecule is CCCCCCCCCC/C=C/CCCCCCc1ccc(I=O)c(C(=O)NC(=O)CCCCCCCCCCCCCCCCC)c1. The van der Waals surface area contributed by atoms with Crippen LogP contribution in [-0.2, 0) is 14.3 Å². The summed E-state index contributed by atoms with van der Waals surface area (Å²) in [4.78, 5) is 25.4. The molecule has 0 unspecified atom stereocenters. The van der Waals surface area contributed by atoms with Crippen molar-refractivity contribution in [3.63, 3.8) is 0 Å². The third-order valence-corrected chi connectivity index (χ3v) is 11.0. The van der Waals surface area contributed by atoms with Crippen molar-refractivity contribution in [1.82, 2.24) is 5.32 Å². The zero-order valence-corrected chi connectivity index (χ0v) is 33.6. The number of hydrogen-bond donors (Lipinski definition) is 1. The number of allylic oxidation sites excluding steroid dienone is 2. The number of nitrogens with one attached hydrogen (secondary N) is 1. The van der Waals surface area contributed by atoms with Gasteiger partial charge in [0, 0.05) is 6.42 Å². The molecule has 0 bridgehead atoms. The van der Waals surface area contributed by atoms with E-state index < -0.39 is 27.1 Å². The van der Waals surface area contributed by atoms with Crippen molar-refractivity contribution in [2.24, 2.45) is 0 Å². The van der Waals surface area contributed by atoms with E-state index in [9.17, 15) is 12.7 Å². The number of unbranched alkanes of at least 4 members (excludes halogenated alkanes) is 26. The largest absolute Gasteiger partial charge is 0.292 e. The van der Waals surface area contributed by atoms with Gasteiger partial charge in [-0.2, -0.15) is 0 Å². The van der Waals surface area contributed by atoms with E-state index >= 15 is 0 Å². The van der Waals surface area contributed by atoms with Gasteiger partial charge in [0.15, 0.2) is 21.2 Å². The molecule has 0 aliphatic heterocycles. The van der Waals surface area contributed by atoms with Crippen LogP contribution < -0.4 is 5.32 Å². The first-order chi connectivity index (χ1) is 23.6. The number of rotatable bonds is 34. The maximum Gasteiger partial charge on any atom is 0.259 e. The maximum atomic E-state index is 12.9. The summed E-state index contributed by atoms with van der Waals surface area (Å²) >= 11 is -1.48. The summed E-state index contributed by atoms with van der Waals surface area (Å²) in [5.41, 5.74) is 1.50. The Morgan fingerprint density at radius 2 is 0.979 bits per heavy atom. The number of halogens is 1. The van der Waals surface area contributed by atoms with Gasteiger partial charge in [-0.25, -0.2) is 0 Å². The van der Waals surface area contributed by atoms with Gasteiger partial charge in [0.1, 0.15) is 0 Å². The molecule has 0 atom stereocenters. The highest BCUT2D eigenvalue weighted by molar-refractivity contribution is 14.1. The van der Waals surface area contributed by atoms with E-state index in [2.05, 4.69) is 31.3 Å². The summed E-state index contributed by atoms with van der Waals surface area (Å²) in [5, 5.41) is 2.57. The summed E-state index contributed by atoms with van der Waals surface area (Å²) in [6, 6.07) is 5.67. The summed E-state index contributed by atoms with van der Waals surface area (Å²) in [7, 11) is 0. The first kappa shape index (κ1) is 44.7. The Morgan fingerprint density at radius 3 is 1.44 bits per heavy atom. The zero-order valence-electron chi connectivity index (χ0n) is 31.4. The number of carbonyl (C=O) groups excluding carboxylic acids is 2. The first-order valence-electron chi connectivity index (χ1n) is 20.5. The Morgan fingerprint density at radius 1 is 0.562 bits per heavy atom. The maximum absolute atomic E-state index is 12.9. The van der Waals surface area contributed by atoms with Gasteiger partial charge in [0.25, 0.3) is 5.91 Å². The Hall–Kier alpha value is -1.37. The number of carbonyl (C=O) groups is 2. The summed E-state index contributed by atoms with van der Waals surface area (Å²) in [6.07, 6.45) is 43.4. The minimum Gasteiger partial charge on any atom is -0.292 e. The molecule has 1 aromatic rings. The van der Waals surface area contributed by atoms with Crippen LogP contribution in [0, 0.1) is 3.57 Å². The molecule has 0 fully saturated rings. The predicted molar refractivity (Wildman–Crippen MR) is 215 cm³/mol. The number of hydrogen-bond acceptors (Lipinski definition) is 3. The molecule has 0 saturated heterocycles. The Kier molecular flexibility index (Phi) is 31.7. The highest BCUT2D eigenvalue weighted by Gasteiger charge is 2.15. The van der Waals surface area contributed by atoms with Crippen molar-refractivity contribution in [3.05, 3.63) is 45.0 Å². The van der Waals surface area contributed by atoms with Crippen LogP contribution in [0.15, 0.2) is 30.4 Å². The zero-order chi connectivity index (χ0) is 34.8. The molecular weight excluding hydrogens is 705 g/mol. The van der Waals surface area contributed by atoms with Crippen LogP contribution in [0.3, 0.4) is 0 Å². The van der Waals surface area contributed by atoms with Gasteiger partial charge in [-0.15, -0.1) is 0 Å². The van der Waals surface area contributed by atoms with Gasteiger partial charge in [0.05, 0.1) is 9.13 Å². The summed E-state index contributed by atoms with van der Waals surface area (Å²) < 4.78 is 12.4. The van der Waals surface area contributed by atoms with E-state index in [1.807, 2.05) is 18.2 Å². The lowest BCUT2D eigenvalue weighted by atomic mass is 10.0. The smallest absolute Gasteiger partial charge is 0.259 e. The molecule has 0 radical (unpaired) electrons. The van der Waals surface area contributed by atoms with E-state index in [0.717, 1.165) is 44.1 Å². The molecule has 0 aromatic heterocycles. The van der Waals surface area contributed by atoms with Gasteiger partial charge in [-0.3, -0.25) is 18.0 Å². The highest BCUT2D eigenvalue weighted by Crippen LogP contribution is 2.20. The lowest BCUT2D eigenvalue weighted by Gasteiger charge is -2.09. The fraction of sp³-hybridized carbons (Fsp3) is 0.767. The van der Waals surface area contributed by atoms with Gasteiger partial charge in [-0.1, -0.05) is 180 Å². The topological polar surface area (TPSA) is 63.2 Å². The third kappa shape index (κ3) is 26.5. The van der Waals surface area contributed by atoms with Crippen LogP contribution in [0.5, 0.6) is 0 Å². The summed E-state index contributed by atoms with van der Waals surface area (Å²) in [6.45, 7) is 4.55. The molecule has 0 aliphatic rings. The van der Waals surface area contributed by atoms with E-state index in [1.165, 1.54) is 154 Å². The fourth-order valence-electron chi connectivity index (χ4n) is 6.46. The predicted octanol–water partition coefficient (Wildman–Crippen LogP) is 14.3. The molecule has 276 valence electrons. The second-order valence-corrected chi connectivity index (χ2v) is 15.8. The Balaban J connectivity index is 2.12. The monoisotopic (exact) mass is 779 g/mol. The third-order valence-electron chi connectivity index (χ3n) is 9.60. The molecule has 48 heavy (non-hydrogen) atoms. The van der Waals surface area contributed by atoms with E-state index in [-0.39, 0.29) is 5.91 Å².